The normalized spacial score (nSPS) is 8.42. The highest BCUT2D eigenvalue weighted by atomic mass is 32.1. The topological polar surface area (TPSA) is 85.8 Å². The van der Waals surface area contributed by atoms with Crippen LogP contribution in [0.4, 0.5) is 11.4 Å². The molecule has 14 aromatic rings. The highest BCUT2D eigenvalue weighted by Crippen LogP contribution is 2.28. The standard InChI is InChI=1S/C13H11N.C13H13N.C12H8N2.C9H7N.C7H5NO.C7H5NS.13C2H6/c1-14-12-8-4-2-6-10(12)11-7-3-5-9-13(11)14;1-14(12-8-4-2-5-9-12)13-10-6-3-7-11-13;1-2-10-4-3-9-5-7-13-8-11(9)12(10)14-6-1;1-2-6-9-8(4-1)5-3-7-10-9;2*1-2-4-7-6(3-1)8-5-9-7;13*1-2/h2-9H,1H3;2-11H,1H3;1-8H;1-7H;2*1-5H;13*1-2H3. The Balaban J connectivity index is -0.000000324. The van der Waals surface area contributed by atoms with Crippen LogP contribution in [0.15, 0.2) is 266 Å². The third-order valence-electron chi connectivity index (χ3n) is 11.5. The fourth-order valence-corrected chi connectivity index (χ4v) is 8.58. The van der Waals surface area contributed by atoms with E-state index in [4.69, 9.17) is 4.42 Å². The van der Waals surface area contributed by atoms with E-state index in [0.29, 0.717) is 0 Å². The smallest absolute Gasteiger partial charge is 0.181 e. The molecule has 8 aromatic carbocycles. The van der Waals surface area contributed by atoms with Crippen LogP contribution < -0.4 is 4.90 Å². The average Bonchev–Trinajstić information content (AvgIpc) is 1.54. The molecule has 14 rings (SSSR count). The molecule has 6 heterocycles. The minimum absolute atomic E-state index is 0.845. The Labute approximate surface area is 589 Å². The van der Waals surface area contributed by atoms with Crippen molar-refractivity contribution in [3.63, 3.8) is 0 Å². The second kappa shape index (κ2) is 68.8. The lowest BCUT2D eigenvalue weighted by Gasteiger charge is -2.18. The molecule has 0 N–H and O–H groups in total. The van der Waals surface area contributed by atoms with Crippen molar-refractivity contribution in [1.29, 1.82) is 0 Å². The molecular weight excluding hydrogens is 1190 g/mol. The van der Waals surface area contributed by atoms with Crippen LogP contribution in [0.3, 0.4) is 0 Å². The lowest BCUT2D eigenvalue weighted by atomic mass is 10.1. The van der Waals surface area contributed by atoms with E-state index in [1.165, 1.54) is 55.0 Å². The minimum Gasteiger partial charge on any atom is -0.443 e. The molecule has 0 fully saturated rings. The molecule has 0 aliphatic carbocycles. The van der Waals surface area contributed by atoms with Gasteiger partial charge in [0, 0.05) is 88.2 Å². The monoisotopic (exact) mass is 1320 g/mol. The first-order valence-electron chi connectivity index (χ1n) is 35.8. The van der Waals surface area contributed by atoms with E-state index in [2.05, 4.69) is 182 Å². The Hall–Kier alpha value is -9.05. The van der Waals surface area contributed by atoms with Gasteiger partial charge in [0.2, 0.25) is 0 Å². The van der Waals surface area contributed by atoms with Gasteiger partial charge in [-0.3, -0.25) is 15.0 Å². The second-order valence-electron chi connectivity index (χ2n) is 15.9. The van der Waals surface area contributed by atoms with Crippen molar-refractivity contribution in [1.82, 2.24) is 29.5 Å². The van der Waals surface area contributed by atoms with Crippen LogP contribution in [0.5, 0.6) is 0 Å². The number of rotatable bonds is 2. The molecule has 0 saturated carbocycles. The summed E-state index contributed by atoms with van der Waals surface area (Å²) >= 11 is 1.68. The summed E-state index contributed by atoms with van der Waals surface area (Å²) in [6.07, 6.45) is 8.74. The molecule has 0 saturated heterocycles. The number of fused-ring (bicyclic) bond motifs is 9. The van der Waals surface area contributed by atoms with Crippen molar-refractivity contribution >= 4 is 98.4 Å². The molecule has 0 aliphatic heterocycles. The van der Waals surface area contributed by atoms with Gasteiger partial charge in [-0.1, -0.05) is 320 Å². The summed E-state index contributed by atoms with van der Waals surface area (Å²) in [5.74, 6) is 0. The maximum atomic E-state index is 5.01. The summed E-state index contributed by atoms with van der Waals surface area (Å²) in [5.41, 5.74) is 11.8. The highest BCUT2D eigenvalue weighted by Gasteiger charge is 2.05. The minimum atomic E-state index is 0.845. The van der Waals surface area contributed by atoms with Crippen molar-refractivity contribution in [2.24, 2.45) is 7.05 Å². The van der Waals surface area contributed by atoms with Gasteiger partial charge in [-0.15, -0.1) is 11.3 Å². The van der Waals surface area contributed by atoms with Gasteiger partial charge in [-0.25, -0.2) is 9.97 Å². The van der Waals surface area contributed by atoms with Crippen LogP contribution in [0.2, 0.25) is 0 Å². The zero-order chi connectivity index (χ0) is 73.7. The number of oxazole rings is 1. The molecule has 522 valence electrons. The fraction of sp³-hybridized carbons (Fsp3) is 0.322. The quantitative estimate of drug-likeness (QED) is 0.159. The molecule has 8 nitrogen and oxygen atoms in total. The van der Waals surface area contributed by atoms with Crippen molar-refractivity contribution < 1.29 is 4.42 Å². The third-order valence-corrected chi connectivity index (χ3v) is 12.3. The summed E-state index contributed by atoms with van der Waals surface area (Å²) in [7, 11) is 4.19. The van der Waals surface area contributed by atoms with Crippen LogP contribution in [0.25, 0.3) is 75.7 Å². The molecule has 0 radical (unpaired) electrons. The van der Waals surface area contributed by atoms with Gasteiger partial charge in [0.25, 0.3) is 0 Å². The zero-order valence-corrected chi connectivity index (χ0v) is 65.6. The van der Waals surface area contributed by atoms with Gasteiger partial charge >= 0.3 is 0 Å². The number of hydrogen-bond acceptors (Lipinski definition) is 8. The van der Waals surface area contributed by atoms with E-state index in [-0.39, 0.29) is 0 Å². The number of aromatic nitrogens is 6. The van der Waals surface area contributed by atoms with E-state index in [1.54, 1.807) is 17.5 Å². The van der Waals surface area contributed by atoms with Crippen molar-refractivity contribution in [3.8, 4) is 0 Å². The van der Waals surface area contributed by atoms with Crippen LogP contribution in [-0.4, -0.2) is 36.5 Å². The molecule has 0 atom stereocenters. The Bertz CT molecular complexity index is 3520. The molecule has 6 aromatic heterocycles. The van der Waals surface area contributed by atoms with Gasteiger partial charge in [0.05, 0.1) is 26.8 Å². The van der Waals surface area contributed by atoms with E-state index >= 15 is 0 Å². The van der Waals surface area contributed by atoms with Crippen LogP contribution >= 0.6 is 11.3 Å². The van der Waals surface area contributed by atoms with Crippen molar-refractivity contribution in [3.05, 3.63) is 261 Å². The van der Waals surface area contributed by atoms with Crippen molar-refractivity contribution in [2.45, 2.75) is 180 Å². The van der Waals surface area contributed by atoms with Gasteiger partial charge < -0.3 is 13.9 Å². The number of para-hydroxylation sites is 8. The van der Waals surface area contributed by atoms with E-state index in [0.717, 1.165) is 38.4 Å². The number of hydrogen-bond donors (Lipinski definition) is 0. The summed E-state index contributed by atoms with van der Waals surface area (Å²) in [6.45, 7) is 52.0. The lowest BCUT2D eigenvalue weighted by Crippen LogP contribution is -2.08. The molecule has 0 aliphatic rings. The van der Waals surface area contributed by atoms with Crippen LogP contribution in [0, 0.1) is 0 Å². The van der Waals surface area contributed by atoms with Crippen molar-refractivity contribution in [2.75, 3.05) is 11.9 Å². The molecule has 9 heteroatoms. The molecular formula is C87H127N7OS. The number of benzene rings is 8. The highest BCUT2D eigenvalue weighted by molar-refractivity contribution is 7.16. The molecule has 0 bridgehead atoms. The van der Waals surface area contributed by atoms with E-state index in [9.17, 15) is 0 Å². The number of thiazole rings is 1. The van der Waals surface area contributed by atoms with E-state index in [1.807, 2.05) is 295 Å². The first-order chi connectivity index (χ1) is 47.6. The number of anilines is 2. The van der Waals surface area contributed by atoms with Gasteiger partial charge in [0.1, 0.15) is 5.52 Å². The summed E-state index contributed by atoms with van der Waals surface area (Å²) in [4.78, 5) is 22.9. The summed E-state index contributed by atoms with van der Waals surface area (Å²) < 4.78 is 8.51. The number of aryl methyl sites for hydroxylation is 1. The number of nitrogens with zero attached hydrogens (tertiary/aromatic N) is 7. The lowest BCUT2D eigenvalue weighted by molar-refractivity contribution is 0.602. The SMILES string of the molecule is CC.CC.CC.CC.CC.CC.CC.CC.CC.CC.CC.CC.CC.CN(c1ccccc1)c1ccccc1.Cn1c2ccccc2c2ccccc21.c1ccc2ncccc2c1.c1ccc2ocnc2c1.c1ccc2scnc2c1.c1cnc2c(c1)ccc1ccncc12. The maximum Gasteiger partial charge on any atom is 0.181 e. The zero-order valence-electron chi connectivity index (χ0n) is 64.8. The second-order valence-corrected chi connectivity index (χ2v) is 16.8. The summed E-state index contributed by atoms with van der Waals surface area (Å²) in [5, 5.41) is 7.34. The maximum absolute atomic E-state index is 5.01. The third kappa shape index (κ3) is 34.4. The fourth-order valence-electron chi connectivity index (χ4n) is 7.90. The van der Waals surface area contributed by atoms with Gasteiger partial charge in [-0.05, 0) is 90.3 Å². The molecule has 0 amide bonds. The Morgan fingerprint density at radius 2 is 0.729 bits per heavy atom. The largest absolute Gasteiger partial charge is 0.443 e. The van der Waals surface area contributed by atoms with E-state index < -0.39 is 0 Å². The van der Waals surface area contributed by atoms with Crippen LogP contribution in [0.1, 0.15) is 180 Å². The Kier molecular flexibility index (Phi) is 68.5. The first kappa shape index (κ1) is 95.6. The number of pyridine rings is 3. The molecule has 96 heavy (non-hydrogen) atoms. The van der Waals surface area contributed by atoms with Gasteiger partial charge in [0.15, 0.2) is 12.0 Å². The molecule has 0 spiro atoms. The Morgan fingerprint density at radius 1 is 0.323 bits per heavy atom. The molecule has 0 unspecified atom stereocenters. The predicted octanol–water partition coefficient (Wildman–Crippen LogP) is 29.3. The average molecular weight is 1320 g/mol. The van der Waals surface area contributed by atoms with Gasteiger partial charge in [-0.2, -0.15) is 0 Å². The summed E-state index contributed by atoms with van der Waals surface area (Å²) in [6, 6.07) is 75.8. The predicted molar refractivity (Wildman–Crippen MR) is 441 cm³/mol. The first-order valence-corrected chi connectivity index (χ1v) is 36.7. The van der Waals surface area contributed by atoms with Crippen LogP contribution in [-0.2, 0) is 7.05 Å². The Morgan fingerprint density at radius 3 is 1.23 bits per heavy atom.